The maximum absolute atomic E-state index is 5.97. The monoisotopic (exact) mass is 719 g/mol. The van der Waals surface area contributed by atoms with Gasteiger partial charge in [-0.25, -0.2) is 0 Å². The molecule has 272 valence electrons. The first kappa shape index (κ1) is 45.6. The predicted molar refractivity (Wildman–Crippen MR) is 207 cm³/mol. The summed E-state index contributed by atoms with van der Waals surface area (Å²) in [4.78, 5) is 0. The number of hydrogen-bond acceptors (Lipinski definition) is 3. The van der Waals surface area contributed by atoms with Gasteiger partial charge in [-0.3, -0.25) is 0 Å². The molecule has 0 aliphatic heterocycles. The van der Waals surface area contributed by atoms with Crippen molar-refractivity contribution < 1.29 is 13.3 Å². The Kier molecular flexibility index (Phi) is 39.5. The van der Waals surface area contributed by atoms with Crippen molar-refractivity contribution in [3.05, 3.63) is 0 Å². The maximum Gasteiger partial charge on any atom is 0.500 e. The zero-order valence-electron chi connectivity index (χ0n) is 31.3. The molecule has 0 aromatic rings. The number of rotatable bonds is 40. The summed E-state index contributed by atoms with van der Waals surface area (Å²) >= 11 is 3.52. The minimum Gasteiger partial charge on any atom is -0.374 e. The van der Waals surface area contributed by atoms with Gasteiger partial charge in [0.05, 0.1) is 0 Å². The first-order valence-corrected chi connectivity index (χ1v) is 23.8. The average Bonchev–Trinajstić information content (AvgIpc) is 3.03. The molecule has 0 aromatic heterocycles. The lowest BCUT2D eigenvalue weighted by Gasteiger charge is -2.28. The Labute approximate surface area is 294 Å². The fourth-order valence-corrected chi connectivity index (χ4v) is 9.82. The van der Waals surface area contributed by atoms with Crippen LogP contribution in [-0.4, -0.2) is 34.0 Å². The molecule has 5 heteroatoms. The quantitative estimate of drug-likeness (QED) is 0.0358. The van der Waals surface area contributed by atoms with Gasteiger partial charge in [0.15, 0.2) is 0 Å². The Balaban J connectivity index is 3.22. The fourth-order valence-electron chi connectivity index (χ4n) is 6.74. The highest BCUT2D eigenvalue weighted by molar-refractivity contribution is 9.09. The van der Waals surface area contributed by atoms with Gasteiger partial charge in [-0.1, -0.05) is 209 Å². The molecule has 0 aromatic carbocycles. The van der Waals surface area contributed by atoms with Crippen LogP contribution in [0.15, 0.2) is 0 Å². The van der Waals surface area contributed by atoms with Gasteiger partial charge in [0, 0.05) is 31.2 Å². The molecule has 0 bridgehead atoms. The molecular weight excluding hydrogens is 636 g/mol. The van der Waals surface area contributed by atoms with Crippen LogP contribution >= 0.6 is 15.9 Å². The summed E-state index contributed by atoms with van der Waals surface area (Å²) in [7, 11) is -2.42. The molecule has 45 heavy (non-hydrogen) atoms. The van der Waals surface area contributed by atoms with E-state index in [4.69, 9.17) is 13.3 Å². The van der Waals surface area contributed by atoms with Crippen LogP contribution in [0.4, 0.5) is 0 Å². The number of halogens is 1. The lowest BCUT2D eigenvalue weighted by molar-refractivity contribution is 0.0706. The summed E-state index contributed by atoms with van der Waals surface area (Å²) in [6.07, 6.45) is 46.1. The Morgan fingerprint density at radius 3 is 0.644 bits per heavy atom. The van der Waals surface area contributed by atoms with Crippen LogP contribution in [-0.2, 0) is 13.3 Å². The minimum absolute atomic E-state index is 0.686. The standard InChI is InChI=1S/C40H83BrO3Si/c1-4-42-45(43-5-2,44-6-3)40-38-36-34-32-30-28-26-24-22-20-18-16-14-12-10-8-7-9-11-13-15-17-19-21-23-25-27-29-31-33-35-37-39-41/h4-40H2,1-3H3. The molecule has 0 radical (unpaired) electrons. The Morgan fingerprint density at radius 2 is 0.467 bits per heavy atom. The Morgan fingerprint density at radius 1 is 0.289 bits per heavy atom. The van der Waals surface area contributed by atoms with Crippen molar-refractivity contribution in [1.82, 2.24) is 0 Å². The van der Waals surface area contributed by atoms with Crippen LogP contribution in [0.5, 0.6) is 0 Å². The molecule has 0 aliphatic carbocycles. The van der Waals surface area contributed by atoms with Crippen molar-refractivity contribution in [1.29, 1.82) is 0 Å². The van der Waals surface area contributed by atoms with Crippen LogP contribution in [0.3, 0.4) is 0 Å². The van der Waals surface area contributed by atoms with E-state index in [1.807, 2.05) is 20.8 Å². The van der Waals surface area contributed by atoms with Gasteiger partial charge in [0.2, 0.25) is 0 Å². The van der Waals surface area contributed by atoms with Gasteiger partial charge in [0.1, 0.15) is 0 Å². The third kappa shape index (κ3) is 34.2. The second kappa shape index (κ2) is 39.0. The molecule has 0 heterocycles. The summed E-state index contributed by atoms with van der Waals surface area (Å²) in [5, 5.41) is 1.18. The second-order valence-corrected chi connectivity index (χ2v) is 17.3. The molecule has 0 N–H and O–H groups in total. The summed E-state index contributed by atoms with van der Waals surface area (Å²) in [5.41, 5.74) is 0. The topological polar surface area (TPSA) is 27.7 Å². The summed E-state index contributed by atoms with van der Waals surface area (Å²) in [6, 6.07) is 0.974. The third-order valence-corrected chi connectivity index (χ3v) is 13.2. The highest BCUT2D eigenvalue weighted by Gasteiger charge is 2.39. The Bertz CT molecular complexity index is 519. The zero-order valence-corrected chi connectivity index (χ0v) is 33.9. The molecule has 0 atom stereocenters. The third-order valence-electron chi connectivity index (χ3n) is 9.46. The van der Waals surface area contributed by atoms with E-state index in [0.29, 0.717) is 19.8 Å². The molecule has 0 aliphatic rings. The number of alkyl halides is 1. The van der Waals surface area contributed by atoms with Crippen molar-refractivity contribution in [2.75, 3.05) is 25.2 Å². The minimum atomic E-state index is -2.42. The smallest absolute Gasteiger partial charge is 0.374 e. The molecule has 0 amide bonds. The average molecular weight is 720 g/mol. The molecule has 0 saturated heterocycles. The van der Waals surface area contributed by atoms with Crippen molar-refractivity contribution in [3.63, 3.8) is 0 Å². The Hall–Kier alpha value is 0.577. The predicted octanol–water partition coefficient (Wildman–Crippen LogP) is 14.9. The van der Waals surface area contributed by atoms with E-state index in [0.717, 1.165) is 6.04 Å². The molecule has 0 fully saturated rings. The van der Waals surface area contributed by atoms with Gasteiger partial charge in [-0.2, -0.15) is 0 Å². The highest BCUT2D eigenvalue weighted by Crippen LogP contribution is 2.21. The van der Waals surface area contributed by atoms with E-state index in [9.17, 15) is 0 Å². The number of hydrogen-bond donors (Lipinski definition) is 0. The summed E-state index contributed by atoms with van der Waals surface area (Å²) in [5.74, 6) is 0. The van der Waals surface area contributed by atoms with E-state index < -0.39 is 8.80 Å². The van der Waals surface area contributed by atoms with Crippen molar-refractivity contribution in [3.8, 4) is 0 Å². The molecule has 0 rings (SSSR count). The summed E-state index contributed by atoms with van der Waals surface area (Å²) in [6.45, 7) is 8.19. The molecule has 0 spiro atoms. The molecule has 0 saturated carbocycles. The van der Waals surface area contributed by atoms with Crippen molar-refractivity contribution in [2.45, 2.75) is 232 Å². The summed E-state index contributed by atoms with van der Waals surface area (Å²) < 4.78 is 17.9. The van der Waals surface area contributed by atoms with E-state index in [1.54, 1.807) is 0 Å². The first-order chi connectivity index (χ1) is 22.2. The second-order valence-electron chi connectivity index (χ2n) is 13.7. The van der Waals surface area contributed by atoms with E-state index in [1.165, 1.54) is 211 Å². The molecule has 0 unspecified atom stereocenters. The SMILES string of the molecule is CCO[Si](CCCCCCCCCCCCCCCCCCCCCCCCCCCCCCCCCCBr)(OCC)OCC. The normalized spacial score (nSPS) is 12.0. The van der Waals surface area contributed by atoms with Gasteiger partial charge in [-0.05, 0) is 33.6 Å². The van der Waals surface area contributed by atoms with Gasteiger partial charge in [0.25, 0.3) is 0 Å². The maximum atomic E-state index is 5.97. The van der Waals surface area contributed by atoms with Crippen molar-refractivity contribution in [2.24, 2.45) is 0 Å². The van der Waals surface area contributed by atoms with Crippen LogP contribution < -0.4 is 0 Å². The number of unbranched alkanes of at least 4 members (excludes halogenated alkanes) is 31. The van der Waals surface area contributed by atoms with Crippen LogP contribution in [0.2, 0.25) is 6.04 Å². The fraction of sp³-hybridized carbons (Fsp3) is 1.00. The molecule has 3 nitrogen and oxygen atoms in total. The van der Waals surface area contributed by atoms with Gasteiger partial charge >= 0.3 is 8.80 Å². The molecular formula is C40H83BrO3Si. The lowest BCUT2D eigenvalue weighted by Crippen LogP contribution is -2.45. The first-order valence-electron chi connectivity index (χ1n) is 20.7. The van der Waals surface area contributed by atoms with Gasteiger partial charge in [-0.15, -0.1) is 0 Å². The van der Waals surface area contributed by atoms with E-state index in [-0.39, 0.29) is 0 Å². The van der Waals surface area contributed by atoms with E-state index >= 15 is 0 Å². The van der Waals surface area contributed by atoms with Crippen molar-refractivity contribution >= 4 is 24.7 Å². The van der Waals surface area contributed by atoms with Gasteiger partial charge < -0.3 is 13.3 Å². The largest absolute Gasteiger partial charge is 0.500 e. The van der Waals surface area contributed by atoms with Crippen LogP contribution in [0, 0.1) is 0 Å². The van der Waals surface area contributed by atoms with Crippen LogP contribution in [0.1, 0.15) is 226 Å². The zero-order chi connectivity index (χ0) is 32.8. The highest BCUT2D eigenvalue weighted by atomic mass is 79.9. The van der Waals surface area contributed by atoms with E-state index in [2.05, 4.69) is 15.9 Å². The van der Waals surface area contributed by atoms with Crippen LogP contribution in [0.25, 0.3) is 0 Å². The lowest BCUT2D eigenvalue weighted by atomic mass is 10.0.